The normalized spacial score (nSPS) is 22.3. The molecule has 3 N–H and O–H groups in total. The van der Waals surface area contributed by atoms with Crippen molar-refractivity contribution in [2.75, 3.05) is 20.1 Å². The van der Waals surface area contributed by atoms with Crippen LogP contribution in [0.15, 0.2) is 18.5 Å². The van der Waals surface area contributed by atoms with Crippen LogP contribution in [-0.4, -0.2) is 47.0 Å². The fraction of sp³-hybridized carbons (Fsp3) is 0.583. The first-order valence-electron chi connectivity index (χ1n) is 5.99. The van der Waals surface area contributed by atoms with Crippen molar-refractivity contribution < 1.29 is 4.79 Å². The van der Waals surface area contributed by atoms with Crippen LogP contribution in [0.5, 0.6) is 0 Å². The topological polar surface area (TPSA) is 65.4 Å². The zero-order chi connectivity index (χ0) is 12.4. The van der Waals surface area contributed by atoms with Gasteiger partial charge in [-0.3, -0.25) is 0 Å². The van der Waals surface area contributed by atoms with Crippen molar-refractivity contribution >= 4 is 6.03 Å². The molecule has 2 rings (SSSR count). The monoisotopic (exact) mass is 236 g/mol. The molecule has 0 bridgehead atoms. The summed E-state index contributed by atoms with van der Waals surface area (Å²) < 4.78 is 0. The van der Waals surface area contributed by atoms with E-state index in [1.54, 1.807) is 4.90 Å². The number of hydrogen-bond acceptors (Lipinski definition) is 2. The van der Waals surface area contributed by atoms with Gasteiger partial charge in [-0.1, -0.05) is 0 Å². The maximum Gasteiger partial charge on any atom is 0.320 e. The molecule has 1 aliphatic heterocycles. The molecule has 0 aromatic carbocycles. The average molecular weight is 236 g/mol. The zero-order valence-corrected chi connectivity index (χ0v) is 10.4. The van der Waals surface area contributed by atoms with Gasteiger partial charge >= 0.3 is 6.03 Å². The fourth-order valence-electron chi connectivity index (χ4n) is 2.19. The minimum absolute atomic E-state index is 0.0943. The summed E-state index contributed by atoms with van der Waals surface area (Å²) in [5.41, 5.74) is 6.88. The van der Waals surface area contributed by atoms with Gasteiger partial charge in [0.2, 0.25) is 0 Å². The number of hydrogen-bond donors (Lipinski definition) is 2. The van der Waals surface area contributed by atoms with Crippen molar-refractivity contribution in [3.63, 3.8) is 0 Å². The standard InChI is InChI=1S/C12H20N4O/c1-9(13)4-6-16-8-11(15(2)12(16)17)10-3-5-14-7-10/h3,5,7,9,11,14H,4,6,8,13H2,1-2H3. The van der Waals surface area contributed by atoms with Crippen LogP contribution in [0.25, 0.3) is 0 Å². The third-order valence-corrected chi connectivity index (χ3v) is 3.29. The van der Waals surface area contributed by atoms with Crippen LogP contribution in [0.1, 0.15) is 24.9 Å². The molecule has 2 heterocycles. The number of aromatic nitrogens is 1. The van der Waals surface area contributed by atoms with E-state index in [1.165, 1.54) is 0 Å². The largest absolute Gasteiger partial charge is 0.367 e. The van der Waals surface area contributed by atoms with E-state index in [1.807, 2.05) is 37.3 Å². The Hall–Kier alpha value is -1.49. The Morgan fingerprint density at radius 3 is 3.00 bits per heavy atom. The third-order valence-electron chi connectivity index (χ3n) is 3.29. The number of carbonyl (C=O) groups is 1. The van der Waals surface area contributed by atoms with Gasteiger partial charge in [0.05, 0.1) is 6.04 Å². The quantitative estimate of drug-likeness (QED) is 0.824. The molecule has 2 atom stereocenters. The van der Waals surface area contributed by atoms with Gasteiger partial charge in [0.25, 0.3) is 0 Å². The summed E-state index contributed by atoms with van der Waals surface area (Å²) in [6.45, 7) is 3.45. The minimum Gasteiger partial charge on any atom is -0.367 e. The van der Waals surface area contributed by atoms with E-state index in [9.17, 15) is 4.79 Å². The lowest BCUT2D eigenvalue weighted by molar-refractivity contribution is 0.194. The predicted molar refractivity (Wildman–Crippen MR) is 66.5 cm³/mol. The SMILES string of the molecule is CC(N)CCN1CC(c2cc[nH]c2)N(C)C1=O. The van der Waals surface area contributed by atoms with Crippen LogP contribution in [0, 0.1) is 0 Å². The van der Waals surface area contributed by atoms with Crippen LogP contribution in [-0.2, 0) is 0 Å². The molecule has 17 heavy (non-hydrogen) atoms. The van der Waals surface area contributed by atoms with Gasteiger partial charge in [-0.05, 0) is 25.0 Å². The number of nitrogens with one attached hydrogen (secondary N) is 1. The second kappa shape index (κ2) is 4.79. The zero-order valence-electron chi connectivity index (χ0n) is 10.4. The number of carbonyl (C=O) groups excluding carboxylic acids is 1. The van der Waals surface area contributed by atoms with Crippen molar-refractivity contribution in [1.29, 1.82) is 0 Å². The molecular formula is C12H20N4O. The van der Waals surface area contributed by atoms with Gasteiger partial charge in [-0.15, -0.1) is 0 Å². The van der Waals surface area contributed by atoms with Crippen molar-refractivity contribution in [3.05, 3.63) is 24.0 Å². The average Bonchev–Trinajstić information content (AvgIpc) is 2.88. The van der Waals surface area contributed by atoms with E-state index in [0.717, 1.165) is 25.1 Å². The highest BCUT2D eigenvalue weighted by Crippen LogP contribution is 2.27. The molecule has 0 spiro atoms. The summed E-state index contributed by atoms with van der Waals surface area (Å²) in [5, 5.41) is 0. The number of nitrogens with two attached hydrogens (primary N) is 1. The van der Waals surface area contributed by atoms with E-state index < -0.39 is 0 Å². The van der Waals surface area contributed by atoms with Gasteiger partial charge in [0.15, 0.2) is 0 Å². The number of amides is 2. The lowest BCUT2D eigenvalue weighted by Crippen LogP contribution is -2.32. The second-order valence-electron chi connectivity index (χ2n) is 4.77. The maximum absolute atomic E-state index is 12.0. The molecule has 1 saturated heterocycles. The molecule has 5 nitrogen and oxygen atoms in total. The van der Waals surface area contributed by atoms with Gasteiger partial charge in [0.1, 0.15) is 0 Å². The van der Waals surface area contributed by atoms with Crippen molar-refractivity contribution in [2.24, 2.45) is 5.73 Å². The molecule has 0 saturated carbocycles. The summed E-state index contributed by atoms with van der Waals surface area (Å²) in [6.07, 6.45) is 4.68. The molecule has 1 aliphatic rings. The highest BCUT2D eigenvalue weighted by molar-refractivity contribution is 5.77. The molecule has 2 unspecified atom stereocenters. The highest BCUT2D eigenvalue weighted by Gasteiger charge is 2.35. The number of urea groups is 1. The molecular weight excluding hydrogens is 216 g/mol. The van der Waals surface area contributed by atoms with Crippen LogP contribution in [0.3, 0.4) is 0 Å². The molecule has 94 valence electrons. The Balaban J connectivity index is 2.02. The molecule has 0 aliphatic carbocycles. The molecule has 0 radical (unpaired) electrons. The Labute approximate surface area is 102 Å². The first-order valence-corrected chi connectivity index (χ1v) is 5.99. The van der Waals surface area contributed by atoms with E-state index in [4.69, 9.17) is 5.73 Å². The predicted octanol–water partition coefficient (Wildman–Crippen LogP) is 1.16. The van der Waals surface area contributed by atoms with E-state index in [-0.39, 0.29) is 18.1 Å². The Morgan fingerprint density at radius 2 is 2.41 bits per heavy atom. The summed E-state index contributed by atoms with van der Waals surface area (Å²) >= 11 is 0. The number of nitrogens with zero attached hydrogens (tertiary/aromatic N) is 2. The lowest BCUT2D eigenvalue weighted by Gasteiger charge is -2.16. The Morgan fingerprint density at radius 1 is 1.65 bits per heavy atom. The van der Waals surface area contributed by atoms with Gasteiger partial charge in [-0.25, -0.2) is 4.79 Å². The smallest absolute Gasteiger partial charge is 0.320 e. The number of aromatic amines is 1. The molecule has 1 aromatic heterocycles. The number of likely N-dealkylation sites (N-methyl/N-ethyl adjacent to an activating group) is 1. The van der Waals surface area contributed by atoms with Gasteiger partial charge in [0, 0.05) is 38.6 Å². The molecule has 1 fully saturated rings. The first kappa shape index (κ1) is 12.0. The minimum atomic E-state index is 0.0943. The second-order valence-corrected chi connectivity index (χ2v) is 4.77. The van der Waals surface area contributed by atoms with Crippen molar-refractivity contribution in [3.8, 4) is 0 Å². The highest BCUT2D eigenvalue weighted by atomic mass is 16.2. The van der Waals surface area contributed by atoms with E-state index in [2.05, 4.69) is 4.98 Å². The van der Waals surface area contributed by atoms with Crippen LogP contribution < -0.4 is 5.73 Å². The Kier molecular flexibility index (Phi) is 3.38. The van der Waals surface area contributed by atoms with Crippen LogP contribution >= 0.6 is 0 Å². The van der Waals surface area contributed by atoms with Crippen LogP contribution in [0.2, 0.25) is 0 Å². The van der Waals surface area contributed by atoms with Crippen LogP contribution in [0.4, 0.5) is 4.79 Å². The van der Waals surface area contributed by atoms with Crippen molar-refractivity contribution in [1.82, 2.24) is 14.8 Å². The molecule has 5 heteroatoms. The fourth-order valence-corrected chi connectivity index (χ4v) is 2.19. The van der Waals surface area contributed by atoms with Gasteiger partial charge < -0.3 is 20.5 Å². The third kappa shape index (κ3) is 2.44. The number of rotatable bonds is 4. The lowest BCUT2D eigenvalue weighted by atomic mass is 10.1. The summed E-state index contributed by atoms with van der Waals surface area (Å²) in [4.78, 5) is 18.7. The summed E-state index contributed by atoms with van der Waals surface area (Å²) in [7, 11) is 1.85. The maximum atomic E-state index is 12.0. The van der Waals surface area contributed by atoms with Crippen molar-refractivity contribution in [2.45, 2.75) is 25.4 Å². The van der Waals surface area contributed by atoms with Gasteiger partial charge in [-0.2, -0.15) is 0 Å². The Bertz CT molecular complexity index is 374. The summed E-state index contributed by atoms with van der Waals surface area (Å²) in [5.74, 6) is 0. The first-order chi connectivity index (χ1) is 8.09. The summed E-state index contributed by atoms with van der Waals surface area (Å²) in [6, 6.07) is 2.40. The van der Waals surface area contributed by atoms with E-state index in [0.29, 0.717) is 0 Å². The molecule has 2 amide bonds. The number of H-pyrrole nitrogens is 1. The van der Waals surface area contributed by atoms with E-state index >= 15 is 0 Å². The molecule has 1 aromatic rings.